The zero-order valence-electron chi connectivity index (χ0n) is 13.5. The van der Waals surface area contributed by atoms with Crippen molar-refractivity contribution in [2.75, 3.05) is 20.8 Å². The molecule has 4 heteroatoms. The van der Waals surface area contributed by atoms with Crippen molar-refractivity contribution in [1.82, 2.24) is 4.90 Å². The third-order valence-corrected chi connectivity index (χ3v) is 4.28. The van der Waals surface area contributed by atoms with Gasteiger partial charge in [-0.25, -0.2) is 4.79 Å². The summed E-state index contributed by atoms with van der Waals surface area (Å²) in [5.74, 6) is 0.598. The summed E-state index contributed by atoms with van der Waals surface area (Å²) in [6.45, 7) is 2.77. The number of ether oxygens (including phenoxy) is 2. The molecule has 2 aromatic rings. The molecule has 0 spiro atoms. The van der Waals surface area contributed by atoms with Crippen molar-refractivity contribution in [3.63, 3.8) is 0 Å². The highest BCUT2D eigenvalue weighted by atomic mass is 16.5. The van der Waals surface area contributed by atoms with E-state index in [1.807, 2.05) is 30.3 Å². The molecule has 0 amide bonds. The minimum absolute atomic E-state index is 0.278. The first kappa shape index (κ1) is 15.6. The zero-order chi connectivity index (χ0) is 16.2. The third kappa shape index (κ3) is 3.54. The predicted octanol–water partition coefficient (Wildman–Crippen LogP) is 3.04. The summed E-state index contributed by atoms with van der Waals surface area (Å²) in [5, 5.41) is 0. The van der Waals surface area contributed by atoms with E-state index in [-0.39, 0.29) is 5.97 Å². The molecule has 3 rings (SSSR count). The summed E-state index contributed by atoms with van der Waals surface area (Å²) >= 11 is 0. The van der Waals surface area contributed by atoms with E-state index in [4.69, 9.17) is 9.47 Å². The SMILES string of the molecule is COC(=O)c1ccc2c(c1)CN(Cc1ccc(OC)cc1)CC2. The van der Waals surface area contributed by atoms with Gasteiger partial charge in [0.1, 0.15) is 5.75 Å². The molecule has 0 aliphatic carbocycles. The molecule has 0 N–H and O–H groups in total. The molecule has 2 aromatic carbocycles. The second kappa shape index (κ2) is 6.84. The summed E-state index contributed by atoms with van der Waals surface area (Å²) in [6, 6.07) is 14.0. The summed E-state index contributed by atoms with van der Waals surface area (Å²) in [6.07, 6.45) is 1.01. The van der Waals surface area contributed by atoms with Crippen molar-refractivity contribution in [3.8, 4) is 5.75 Å². The zero-order valence-corrected chi connectivity index (χ0v) is 13.5. The summed E-state index contributed by atoms with van der Waals surface area (Å²) < 4.78 is 10.0. The van der Waals surface area contributed by atoms with E-state index in [0.717, 1.165) is 31.8 Å². The summed E-state index contributed by atoms with van der Waals surface area (Å²) in [7, 11) is 3.09. The van der Waals surface area contributed by atoms with E-state index in [1.54, 1.807) is 7.11 Å². The maximum Gasteiger partial charge on any atom is 0.337 e. The Kier molecular flexibility index (Phi) is 4.63. The van der Waals surface area contributed by atoms with Gasteiger partial charge in [0.05, 0.1) is 19.8 Å². The number of nitrogens with zero attached hydrogens (tertiary/aromatic N) is 1. The number of esters is 1. The van der Waals surface area contributed by atoms with E-state index < -0.39 is 0 Å². The van der Waals surface area contributed by atoms with Gasteiger partial charge in [-0.15, -0.1) is 0 Å². The Morgan fingerprint density at radius 2 is 1.87 bits per heavy atom. The highest BCUT2D eigenvalue weighted by Crippen LogP contribution is 2.23. The van der Waals surface area contributed by atoms with E-state index in [1.165, 1.54) is 23.8 Å². The van der Waals surface area contributed by atoms with Crippen LogP contribution in [-0.2, 0) is 24.2 Å². The van der Waals surface area contributed by atoms with Crippen molar-refractivity contribution >= 4 is 5.97 Å². The van der Waals surface area contributed by atoms with Gasteiger partial charge in [-0.3, -0.25) is 4.90 Å². The molecule has 0 saturated heterocycles. The Morgan fingerprint density at radius 3 is 2.57 bits per heavy atom. The lowest BCUT2D eigenvalue weighted by atomic mass is 9.97. The smallest absolute Gasteiger partial charge is 0.337 e. The summed E-state index contributed by atoms with van der Waals surface area (Å²) in [5.41, 5.74) is 4.42. The van der Waals surface area contributed by atoms with Crippen LogP contribution in [0.4, 0.5) is 0 Å². The lowest BCUT2D eigenvalue weighted by molar-refractivity contribution is 0.0600. The molecule has 0 aromatic heterocycles. The van der Waals surface area contributed by atoms with Gasteiger partial charge in [0, 0.05) is 19.6 Å². The number of methoxy groups -OCH3 is 2. The van der Waals surface area contributed by atoms with Crippen LogP contribution in [0.5, 0.6) is 5.75 Å². The number of carbonyl (C=O) groups is 1. The molecule has 1 heterocycles. The predicted molar refractivity (Wildman–Crippen MR) is 88.6 cm³/mol. The average Bonchev–Trinajstić information content (AvgIpc) is 2.61. The summed E-state index contributed by atoms with van der Waals surface area (Å²) in [4.78, 5) is 14.1. The fourth-order valence-corrected chi connectivity index (χ4v) is 2.98. The van der Waals surface area contributed by atoms with Crippen LogP contribution < -0.4 is 4.74 Å². The quantitative estimate of drug-likeness (QED) is 0.814. The second-order valence-electron chi connectivity index (χ2n) is 5.78. The molecule has 1 aliphatic rings. The minimum Gasteiger partial charge on any atom is -0.497 e. The molecule has 0 radical (unpaired) electrons. The standard InChI is InChI=1S/C19H21NO3/c1-22-18-7-3-14(4-8-18)12-20-10-9-15-5-6-16(19(21)23-2)11-17(15)13-20/h3-8,11H,9-10,12-13H2,1-2H3. The number of fused-ring (bicyclic) bond motifs is 1. The van der Waals surface area contributed by atoms with Gasteiger partial charge in [-0.05, 0) is 47.4 Å². The van der Waals surface area contributed by atoms with Crippen LogP contribution in [0, 0.1) is 0 Å². The highest BCUT2D eigenvalue weighted by Gasteiger charge is 2.18. The molecule has 0 bridgehead atoms. The van der Waals surface area contributed by atoms with Gasteiger partial charge < -0.3 is 9.47 Å². The van der Waals surface area contributed by atoms with E-state index in [9.17, 15) is 4.79 Å². The van der Waals surface area contributed by atoms with Crippen LogP contribution in [0.2, 0.25) is 0 Å². The molecule has 0 atom stereocenters. The van der Waals surface area contributed by atoms with Gasteiger partial charge in [0.2, 0.25) is 0 Å². The first-order chi connectivity index (χ1) is 11.2. The molecule has 0 saturated carbocycles. The Labute approximate surface area is 136 Å². The van der Waals surface area contributed by atoms with E-state index in [2.05, 4.69) is 17.0 Å². The van der Waals surface area contributed by atoms with Gasteiger partial charge in [-0.1, -0.05) is 18.2 Å². The number of hydrogen-bond acceptors (Lipinski definition) is 4. The van der Waals surface area contributed by atoms with Gasteiger partial charge in [0.15, 0.2) is 0 Å². The monoisotopic (exact) mass is 311 g/mol. The normalized spacial score (nSPS) is 14.2. The molecular formula is C19H21NO3. The second-order valence-corrected chi connectivity index (χ2v) is 5.78. The van der Waals surface area contributed by atoms with Gasteiger partial charge >= 0.3 is 5.97 Å². The number of benzene rings is 2. The van der Waals surface area contributed by atoms with E-state index in [0.29, 0.717) is 5.56 Å². The topological polar surface area (TPSA) is 38.8 Å². The molecule has 1 aliphatic heterocycles. The van der Waals surface area contributed by atoms with Crippen LogP contribution in [0.3, 0.4) is 0 Å². The minimum atomic E-state index is -0.278. The van der Waals surface area contributed by atoms with Gasteiger partial charge in [-0.2, -0.15) is 0 Å². The molecule has 120 valence electrons. The molecule has 0 unspecified atom stereocenters. The molecular weight excluding hydrogens is 290 g/mol. The van der Waals surface area contributed by atoms with E-state index >= 15 is 0 Å². The van der Waals surface area contributed by atoms with Crippen LogP contribution >= 0.6 is 0 Å². The largest absolute Gasteiger partial charge is 0.497 e. The fraction of sp³-hybridized carbons (Fsp3) is 0.316. The van der Waals surface area contributed by atoms with Crippen LogP contribution in [0.25, 0.3) is 0 Å². The maximum atomic E-state index is 11.7. The first-order valence-corrected chi connectivity index (χ1v) is 7.75. The van der Waals surface area contributed by atoms with Crippen LogP contribution in [0.1, 0.15) is 27.0 Å². The Morgan fingerprint density at radius 1 is 1.09 bits per heavy atom. The van der Waals surface area contributed by atoms with Crippen molar-refractivity contribution in [2.45, 2.75) is 19.5 Å². The van der Waals surface area contributed by atoms with Crippen LogP contribution in [0.15, 0.2) is 42.5 Å². The van der Waals surface area contributed by atoms with Crippen molar-refractivity contribution in [1.29, 1.82) is 0 Å². The lowest BCUT2D eigenvalue weighted by Gasteiger charge is -2.29. The molecule has 23 heavy (non-hydrogen) atoms. The van der Waals surface area contributed by atoms with Crippen LogP contribution in [-0.4, -0.2) is 31.6 Å². The lowest BCUT2D eigenvalue weighted by Crippen LogP contribution is -2.30. The Hall–Kier alpha value is -2.33. The number of carbonyl (C=O) groups excluding carboxylic acids is 1. The first-order valence-electron chi connectivity index (χ1n) is 7.75. The van der Waals surface area contributed by atoms with Crippen molar-refractivity contribution < 1.29 is 14.3 Å². The average molecular weight is 311 g/mol. The van der Waals surface area contributed by atoms with Gasteiger partial charge in [0.25, 0.3) is 0 Å². The number of hydrogen-bond donors (Lipinski definition) is 0. The Balaban J connectivity index is 1.72. The van der Waals surface area contributed by atoms with Crippen molar-refractivity contribution in [2.24, 2.45) is 0 Å². The molecule has 0 fully saturated rings. The molecule has 4 nitrogen and oxygen atoms in total. The van der Waals surface area contributed by atoms with Crippen molar-refractivity contribution in [3.05, 3.63) is 64.7 Å². The third-order valence-electron chi connectivity index (χ3n) is 4.28. The fourth-order valence-electron chi connectivity index (χ4n) is 2.98. The maximum absolute atomic E-state index is 11.7. The number of rotatable bonds is 4. The Bertz CT molecular complexity index is 694. The highest BCUT2D eigenvalue weighted by molar-refractivity contribution is 5.89.